The van der Waals surface area contributed by atoms with Gasteiger partial charge in [-0.2, -0.15) is 4.31 Å². The summed E-state index contributed by atoms with van der Waals surface area (Å²) in [5.41, 5.74) is 0.633. The summed E-state index contributed by atoms with van der Waals surface area (Å²) < 4.78 is 33.9. The molecule has 1 aromatic carbocycles. The van der Waals surface area contributed by atoms with E-state index in [-0.39, 0.29) is 22.6 Å². The summed E-state index contributed by atoms with van der Waals surface area (Å²) in [5.74, 6) is 0.665. The van der Waals surface area contributed by atoms with Crippen molar-refractivity contribution in [3.05, 3.63) is 48.4 Å². The third kappa shape index (κ3) is 6.03. The molecule has 31 heavy (non-hydrogen) atoms. The molecule has 7 nitrogen and oxygen atoms in total. The molecule has 1 amide bonds. The Kier molecular flexibility index (Phi) is 7.30. The molecule has 3 aromatic rings. The van der Waals surface area contributed by atoms with Crippen LogP contribution in [-0.4, -0.2) is 36.7 Å². The Hall–Kier alpha value is -2.49. The van der Waals surface area contributed by atoms with Gasteiger partial charge >= 0.3 is 0 Å². The van der Waals surface area contributed by atoms with Gasteiger partial charge < -0.3 is 4.42 Å². The van der Waals surface area contributed by atoms with Gasteiger partial charge in [-0.25, -0.2) is 13.4 Å². The largest absolute Gasteiger partial charge is 0.465 e. The standard InChI is InChI=1S/C22H27N3O4S2/c1-15(2)13-25(14-16(3)4)31(27,28)18-8-9-19-20(12-18)30-22(23-19)24-21(26)10-7-17-6-5-11-29-17/h5-12,15-16H,13-14H2,1-4H3,(H,23,24,26). The van der Waals surface area contributed by atoms with Crippen LogP contribution in [0.5, 0.6) is 0 Å². The first-order chi connectivity index (χ1) is 14.6. The fourth-order valence-electron chi connectivity index (χ4n) is 3.04. The first kappa shape index (κ1) is 23.2. The molecule has 0 radical (unpaired) electrons. The van der Waals surface area contributed by atoms with Crippen LogP contribution in [0.1, 0.15) is 33.5 Å². The van der Waals surface area contributed by atoms with Crippen molar-refractivity contribution in [2.75, 3.05) is 18.4 Å². The summed E-state index contributed by atoms with van der Waals surface area (Å²) >= 11 is 1.24. The Morgan fingerprint density at radius 2 is 1.90 bits per heavy atom. The maximum Gasteiger partial charge on any atom is 0.250 e. The molecule has 2 heterocycles. The summed E-state index contributed by atoms with van der Waals surface area (Å²) in [4.78, 5) is 16.7. The number of amides is 1. The molecule has 0 saturated heterocycles. The highest BCUT2D eigenvalue weighted by atomic mass is 32.2. The lowest BCUT2D eigenvalue weighted by Crippen LogP contribution is -2.37. The van der Waals surface area contributed by atoms with E-state index in [4.69, 9.17) is 4.42 Å². The van der Waals surface area contributed by atoms with E-state index in [9.17, 15) is 13.2 Å². The smallest absolute Gasteiger partial charge is 0.250 e. The van der Waals surface area contributed by atoms with Crippen LogP contribution in [0.4, 0.5) is 5.13 Å². The van der Waals surface area contributed by atoms with Crippen molar-refractivity contribution in [3.63, 3.8) is 0 Å². The van der Waals surface area contributed by atoms with Gasteiger partial charge in [0, 0.05) is 19.2 Å². The van der Waals surface area contributed by atoms with Crippen LogP contribution in [0, 0.1) is 11.8 Å². The first-order valence-electron chi connectivity index (χ1n) is 10.1. The van der Waals surface area contributed by atoms with E-state index < -0.39 is 10.0 Å². The number of thiazole rings is 1. The molecular formula is C22H27N3O4S2. The number of hydrogen-bond donors (Lipinski definition) is 1. The molecule has 0 bridgehead atoms. The van der Waals surface area contributed by atoms with Crippen LogP contribution in [0.3, 0.4) is 0 Å². The van der Waals surface area contributed by atoms with Gasteiger partial charge in [-0.05, 0) is 48.2 Å². The van der Waals surface area contributed by atoms with Gasteiger partial charge in [0.1, 0.15) is 5.76 Å². The summed E-state index contributed by atoms with van der Waals surface area (Å²) in [5, 5.41) is 3.11. The lowest BCUT2D eigenvalue weighted by molar-refractivity contribution is -0.111. The van der Waals surface area contributed by atoms with E-state index in [1.165, 1.54) is 23.7 Å². The van der Waals surface area contributed by atoms with E-state index in [0.717, 1.165) is 0 Å². The number of rotatable bonds is 9. The maximum atomic E-state index is 13.3. The number of anilines is 1. The van der Waals surface area contributed by atoms with Crippen LogP contribution < -0.4 is 5.32 Å². The SMILES string of the molecule is CC(C)CN(CC(C)C)S(=O)(=O)c1ccc2nc(NC(=O)C=Cc3ccco3)sc2c1. The highest BCUT2D eigenvalue weighted by Gasteiger charge is 2.26. The number of carbonyl (C=O) groups is 1. The topological polar surface area (TPSA) is 92.5 Å². The zero-order chi connectivity index (χ0) is 22.6. The van der Waals surface area contributed by atoms with Gasteiger partial charge in [0.2, 0.25) is 15.9 Å². The van der Waals surface area contributed by atoms with Crippen molar-refractivity contribution in [3.8, 4) is 0 Å². The Labute approximate surface area is 186 Å². The van der Waals surface area contributed by atoms with Crippen LogP contribution >= 0.6 is 11.3 Å². The number of sulfonamides is 1. The molecule has 0 unspecified atom stereocenters. The van der Waals surface area contributed by atoms with E-state index >= 15 is 0 Å². The quantitative estimate of drug-likeness (QED) is 0.460. The molecule has 3 rings (SSSR count). The lowest BCUT2D eigenvalue weighted by Gasteiger charge is -2.25. The zero-order valence-corrected chi connectivity index (χ0v) is 19.7. The fourth-order valence-corrected chi connectivity index (χ4v) is 5.82. The van der Waals surface area contributed by atoms with Gasteiger partial charge in [-0.3, -0.25) is 10.1 Å². The van der Waals surface area contributed by atoms with Gasteiger partial charge in [-0.15, -0.1) is 0 Å². The van der Waals surface area contributed by atoms with E-state index in [1.54, 1.807) is 40.7 Å². The van der Waals surface area contributed by atoms with Gasteiger partial charge in [0.05, 0.1) is 21.4 Å². The molecule has 0 aliphatic heterocycles. The molecule has 9 heteroatoms. The summed E-state index contributed by atoms with van der Waals surface area (Å²) in [6.45, 7) is 8.94. The average Bonchev–Trinajstić information content (AvgIpc) is 3.33. The number of aromatic nitrogens is 1. The van der Waals surface area contributed by atoms with Crippen molar-refractivity contribution in [2.24, 2.45) is 11.8 Å². The van der Waals surface area contributed by atoms with Gasteiger partial charge in [-0.1, -0.05) is 39.0 Å². The van der Waals surface area contributed by atoms with Crippen LogP contribution in [-0.2, 0) is 14.8 Å². The molecular weight excluding hydrogens is 434 g/mol. The molecule has 166 valence electrons. The monoisotopic (exact) mass is 461 g/mol. The predicted molar refractivity (Wildman–Crippen MR) is 124 cm³/mol. The maximum absolute atomic E-state index is 13.3. The van der Waals surface area contributed by atoms with Crippen molar-refractivity contribution in [2.45, 2.75) is 32.6 Å². The van der Waals surface area contributed by atoms with E-state index in [0.29, 0.717) is 34.2 Å². The predicted octanol–water partition coefficient (Wildman–Crippen LogP) is 4.84. The number of benzene rings is 1. The number of carbonyl (C=O) groups excluding carboxylic acids is 1. The Bertz CT molecular complexity index is 1150. The molecule has 0 aliphatic rings. The van der Waals surface area contributed by atoms with Gasteiger partial charge in [0.15, 0.2) is 5.13 Å². The second-order valence-corrected chi connectivity index (χ2v) is 11.1. The van der Waals surface area contributed by atoms with E-state index in [1.807, 2.05) is 27.7 Å². The number of hydrogen-bond acceptors (Lipinski definition) is 6. The molecule has 0 saturated carbocycles. The third-order valence-corrected chi connectivity index (χ3v) is 7.07. The summed E-state index contributed by atoms with van der Waals surface area (Å²) in [7, 11) is -3.63. The number of furan rings is 1. The minimum Gasteiger partial charge on any atom is -0.465 e. The summed E-state index contributed by atoms with van der Waals surface area (Å²) in [6.07, 6.45) is 4.45. The summed E-state index contributed by atoms with van der Waals surface area (Å²) in [6, 6.07) is 8.36. The molecule has 0 aliphatic carbocycles. The molecule has 0 fully saturated rings. The second kappa shape index (κ2) is 9.76. The second-order valence-electron chi connectivity index (χ2n) is 8.10. The molecule has 0 atom stereocenters. The Morgan fingerprint density at radius 1 is 1.19 bits per heavy atom. The number of fused-ring (bicyclic) bond motifs is 1. The Morgan fingerprint density at radius 3 is 2.52 bits per heavy atom. The molecule has 2 aromatic heterocycles. The van der Waals surface area contributed by atoms with Crippen LogP contribution in [0.2, 0.25) is 0 Å². The van der Waals surface area contributed by atoms with Crippen molar-refractivity contribution in [1.29, 1.82) is 0 Å². The van der Waals surface area contributed by atoms with Crippen molar-refractivity contribution < 1.29 is 17.6 Å². The van der Waals surface area contributed by atoms with E-state index in [2.05, 4.69) is 10.3 Å². The Balaban J connectivity index is 1.81. The van der Waals surface area contributed by atoms with Crippen LogP contribution in [0.25, 0.3) is 16.3 Å². The van der Waals surface area contributed by atoms with Crippen molar-refractivity contribution in [1.82, 2.24) is 9.29 Å². The average molecular weight is 462 g/mol. The molecule has 1 N–H and O–H groups in total. The van der Waals surface area contributed by atoms with Crippen molar-refractivity contribution >= 4 is 48.7 Å². The third-order valence-electron chi connectivity index (χ3n) is 4.31. The normalized spacial score (nSPS) is 12.6. The zero-order valence-electron chi connectivity index (χ0n) is 18.0. The molecule has 0 spiro atoms. The minimum atomic E-state index is -3.63. The lowest BCUT2D eigenvalue weighted by atomic mass is 10.2. The first-order valence-corrected chi connectivity index (χ1v) is 12.3. The van der Waals surface area contributed by atoms with Gasteiger partial charge in [0.25, 0.3) is 0 Å². The fraction of sp³-hybridized carbons (Fsp3) is 0.364. The number of nitrogens with one attached hydrogen (secondary N) is 1. The number of nitrogens with zero attached hydrogens (tertiary/aromatic N) is 2. The highest BCUT2D eigenvalue weighted by molar-refractivity contribution is 7.89. The minimum absolute atomic E-state index is 0.219. The highest BCUT2D eigenvalue weighted by Crippen LogP contribution is 2.29. The van der Waals surface area contributed by atoms with Crippen LogP contribution in [0.15, 0.2) is 52.0 Å².